The monoisotopic (exact) mass is 251 g/mol. The molecule has 1 heterocycles. The molecular formula is C11H14BNO3S. The number of benzene rings is 1. The van der Waals surface area contributed by atoms with Gasteiger partial charge in [-0.25, -0.2) is 0 Å². The molecule has 1 aliphatic heterocycles. The standard InChI is InChI=1S/C11H14BNO3S/c14-11(13-5-7-17-8-6-13)9-1-3-10(4-2-9)12(15)16/h1-4,15-16H,5-8H2. The third-order valence-corrected chi connectivity index (χ3v) is 3.70. The van der Waals surface area contributed by atoms with Crippen LogP contribution in [0.5, 0.6) is 0 Å². The zero-order chi connectivity index (χ0) is 12.3. The van der Waals surface area contributed by atoms with E-state index in [1.165, 1.54) is 0 Å². The fourth-order valence-corrected chi connectivity index (χ4v) is 2.65. The summed E-state index contributed by atoms with van der Waals surface area (Å²) in [5.74, 6) is 1.99. The molecule has 4 nitrogen and oxygen atoms in total. The van der Waals surface area contributed by atoms with Gasteiger partial charge in [-0.3, -0.25) is 4.79 Å². The zero-order valence-electron chi connectivity index (χ0n) is 9.37. The summed E-state index contributed by atoms with van der Waals surface area (Å²) in [5, 5.41) is 17.9. The van der Waals surface area contributed by atoms with E-state index in [0.29, 0.717) is 11.0 Å². The predicted molar refractivity (Wildman–Crippen MR) is 69.5 cm³/mol. The van der Waals surface area contributed by atoms with Crippen LogP contribution in [0.3, 0.4) is 0 Å². The van der Waals surface area contributed by atoms with Crippen molar-refractivity contribution in [1.29, 1.82) is 0 Å². The molecular weight excluding hydrogens is 237 g/mol. The molecule has 0 unspecified atom stereocenters. The summed E-state index contributed by atoms with van der Waals surface area (Å²) in [6.45, 7) is 1.57. The number of carbonyl (C=O) groups excluding carboxylic acids is 1. The summed E-state index contributed by atoms with van der Waals surface area (Å²) in [4.78, 5) is 13.9. The third-order valence-electron chi connectivity index (χ3n) is 2.75. The number of carbonyl (C=O) groups is 1. The van der Waals surface area contributed by atoms with Crippen molar-refractivity contribution in [3.05, 3.63) is 29.8 Å². The van der Waals surface area contributed by atoms with Crippen LogP contribution < -0.4 is 5.46 Å². The van der Waals surface area contributed by atoms with Gasteiger partial charge in [0.25, 0.3) is 5.91 Å². The van der Waals surface area contributed by atoms with E-state index in [-0.39, 0.29) is 5.91 Å². The summed E-state index contributed by atoms with van der Waals surface area (Å²) in [6.07, 6.45) is 0. The number of hydrogen-bond donors (Lipinski definition) is 2. The smallest absolute Gasteiger partial charge is 0.423 e. The van der Waals surface area contributed by atoms with Crippen LogP contribution in [0.15, 0.2) is 24.3 Å². The van der Waals surface area contributed by atoms with Gasteiger partial charge in [0, 0.05) is 30.2 Å². The molecule has 17 heavy (non-hydrogen) atoms. The van der Waals surface area contributed by atoms with Gasteiger partial charge >= 0.3 is 7.12 Å². The largest absolute Gasteiger partial charge is 0.488 e. The molecule has 0 bridgehead atoms. The van der Waals surface area contributed by atoms with Crippen molar-refractivity contribution in [2.24, 2.45) is 0 Å². The normalized spacial score (nSPS) is 15.8. The van der Waals surface area contributed by atoms with E-state index in [1.54, 1.807) is 24.3 Å². The average molecular weight is 251 g/mol. The molecule has 0 atom stereocenters. The number of nitrogens with zero attached hydrogens (tertiary/aromatic N) is 1. The van der Waals surface area contributed by atoms with Crippen LogP contribution in [0, 0.1) is 0 Å². The first-order valence-corrected chi connectivity index (χ1v) is 6.67. The first-order chi connectivity index (χ1) is 8.18. The lowest BCUT2D eigenvalue weighted by Gasteiger charge is -2.26. The summed E-state index contributed by atoms with van der Waals surface area (Å²) in [5.41, 5.74) is 0.997. The summed E-state index contributed by atoms with van der Waals surface area (Å²) >= 11 is 1.86. The summed E-state index contributed by atoms with van der Waals surface area (Å²) in [7, 11) is -1.48. The van der Waals surface area contributed by atoms with E-state index in [2.05, 4.69) is 0 Å². The van der Waals surface area contributed by atoms with Gasteiger partial charge in [0.05, 0.1) is 0 Å². The molecule has 2 N–H and O–H groups in total. The molecule has 1 saturated heterocycles. The van der Waals surface area contributed by atoms with Crippen molar-refractivity contribution in [3.63, 3.8) is 0 Å². The highest BCUT2D eigenvalue weighted by Crippen LogP contribution is 2.12. The second kappa shape index (κ2) is 5.57. The van der Waals surface area contributed by atoms with Crippen molar-refractivity contribution in [2.45, 2.75) is 0 Å². The molecule has 0 aromatic heterocycles. The van der Waals surface area contributed by atoms with Gasteiger partial charge in [0.2, 0.25) is 0 Å². The Morgan fingerprint density at radius 3 is 2.29 bits per heavy atom. The van der Waals surface area contributed by atoms with Crippen LogP contribution in [0.4, 0.5) is 0 Å². The second-order valence-corrected chi connectivity index (χ2v) is 5.12. The molecule has 90 valence electrons. The zero-order valence-corrected chi connectivity index (χ0v) is 10.2. The Hall–Kier alpha value is -0.975. The molecule has 1 aliphatic rings. The van der Waals surface area contributed by atoms with E-state index in [9.17, 15) is 4.79 Å². The van der Waals surface area contributed by atoms with E-state index in [4.69, 9.17) is 10.0 Å². The van der Waals surface area contributed by atoms with Crippen molar-refractivity contribution >= 4 is 30.3 Å². The van der Waals surface area contributed by atoms with Gasteiger partial charge in [0.15, 0.2) is 0 Å². The van der Waals surface area contributed by atoms with Gasteiger partial charge < -0.3 is 14.9 Å². The summed E-state index contributed by atoms with van der Waals surface area (Å²) in [6, 6.07) is 6.41. The lowest BCUT2D eigenvalue weighted by atomic mass is 9.80. The molecule has 6 heteroatoms. The molecule has 0 radical (unpaired) electrons. The maximum Gasteiger partial charge on any atom is 0.488 e. The highest BCUT2D eigenvalue weighted by atomic mass is 32.2. The van der Waals surface area contributed by atoms with E-state index in [0.717, 1.165) is 24.6 Å². The number of hydrogen-bond acceptors (Lipinski definition) is 4. The van der Waals surface area contributed by atoms with Crippen LogP contribution in [0.25, 0.3) is 0 Å². The van der Waals surface area contributed by atoms with Crippen LogP contribution in [-0.2, 0) is 0 Å². The summed E-state index contributed by atoms with van der Waals surface area (Å²) < 4.78 is 0. The Bertz CT molecular complexity index is 390. The highest BCUT2D eigenvalue weighted by molar-refractivity contribution is 7.99. The topological polar surface area (TPSA) is 60.8 Å². The Labute approximate surface area is 105 Å². The van der Waals surface area contributed by atoms with Gasteiger partial charge in [-0.15, -0.1) is 0 Å². The van der Waals surface area contributed by atoms with Crippen LogP contribution in [0.2, 0.25) is 0 Å². The minimum Gasteiger partial charge on any atom is -0.423 e. The predicted octanol–water partition coefficient (Wildman–Crippen LogP) is -0.445. The Morgan fingerprint density at radius 2 is 1.76 bits per heavy atom. The van der Waals surface area contributed by atoms with Gasteiger partial charge in [-0.2, -0.15) is 11.8 Å². The van der Waals surface area contributed by atoms with E-state index in [1.807, 2.05) is 16.7 Å². The molecule has 1 aromatic carbocycles. The van der Waals surface area contributed by atoms with Crippen LogP contribution >= 0.6 is 11.8 Å². The minimum absolute atomic E-state index is 0.0179. The lowest BCUT2D eigenvalue weighted by Crippen LogP contribution is -2.38. The van der Waals surface area contributed by atoms with Crippen molar-refractivity contribution in [3.8, 4) is 0 Å². The molecule has 0 spiro atoms. The van der Waals surface area contributed by atoms with E-state index < -0.39 is 7.12 Å². The third kappa shape index (κ3) is 3.03. The number of amides is 1. The van der Waals surface area contributed by atoms with Gasteiger partial charge in [-0.05, 0) is 17.6 Å². The lowest BCUT2D eigenvalue weighted by molar-refractivity contribution is 0.0772. The second-order valence-electron chi connectivity index (χ2n) is 3.90. The molecule has 1 amide bonds. The van der Waals surface area contributed by atoms with Crippen molar-refractivity contribution in [1.82, 2.24) is 4.90 Å². The van der Waals surface area contributed by atoms with Crippen molar-refractivity contribution < 1.29 is 14.8 Å². The molecule has 2 rings (SSSR count). The SMILES string of the molecule is O=C(c1ccc(B(O)O)cc1)N1CCSCC1. The first-order valence-electron chi connectivity index (χ1n) is 5.51. The van der Waals surface area contributed by atoms with Crippen LogP contribution in [0.1, 0.15) is 10.4 Å². The van der Waals surface area contributed by atoms with Crippen molar-refractivity contribution in [2.75, 3.05) is 24.6 Å². The maximum atomic E-state index is 12.1. The molecule has 1 aromatic rings. The van der Waals surface area contributed by atoms with Gasteiger partial charge in [-0.1, -0.05) is 12.1 Å². The number of rotatable bonds is 2. The average Bonchev–Trinajstić information content (AvgIpc) is 2.39. The Kier molecular flexibility index (Phi) is 4.09. The molecule has 0 aliphatic carbocycles. The maximum absolute atomic E-state index is 12.1. The quantitative estimate of drug-likeness (QED) is 0.699. The minimum atomic E-state index is -1.48. The van der Waals surface area contributed by atoms with Crippen LogP contribution in [-0.4, -0.2) is 52.6 Å². The Balaban J connectivity index is 2.08. The fourth-order valence-electron chi connectivity index (χ4n) is 1.75. The highest BCUT2D eigenvalue weighted by Gasteiger charge is 2.19. The number of thioether (sulfide) groups is 1. The molecule has 0 saturated carbocycles. The van der Waals surface area contributed by atoms with Gasteiger partial charge in [0.1, 0.15) is 0 Å². The Morgan fingerprint density at radius 1 is 1.18 bits per heavy atom. The molecule has 1 fully saturated rings. The van der Waals surface area contributed by atoms with E-state index >= 15 is 0 Å². The first kappa shape index (κ1) is 12.5. The fraction of sp³-hybridized carbons (Fsp3) is 0.364.